The van der Waals surface area contributed by atoms with Crippen LogP contribution in [-0.2, 0) is 42.7 Å². The first-order valence-corrected chi connectivity index (χ1v) is 15.9. The minimum atomic E-state index is -2.30. The predicted octanol–water partition coefficient (Wildman–Crippen LogP) is -4.34. The lowest BCUT2D eigenvalue weighted by Crippen LogP contribution is -2.67. The molecule has 3 aliphatic heterocycles. The molecule has 3 saturated heterocycles. The highest BCUT2D eigenvalue weighted by atomic mass is 16.8. The molecule has 274 valence electrons. The zero-order valence-electron chi connectivity index (χ0n) is 27.1. The first-order chi connectivity index (χ1) is 22.4. The molecule has 0 bridgehead atoms. The van der Waals surface area contributed by atoms with Gasteiger partial charge in [-0.05, 0) is 19.4 Å². The van der Waals surface area contributed by atoms with Crippen molar-refractivity contribution >= 4 is 11.9 Å². The fourth-order valence-corrected chi connectivity index (χ4v) is 5.92. The van der Waals surface area contributed by atoms with Crippen molar-refractivity contribution in [1.29, 1.82) is 0 Å². The van der Waals surface area contributed by atoms with Crippen LogP contribution in [0.15, 0.2) is 0 Å². The van der Waals surface area contributed by atoms with Crippen LogP contribution in [0, 0.1) is 11.8 Å². The third kappa shape index (κ3) is 10.7. The van der Waals surface area contributed by atoms with Gasteiger partial charge in [-0.1, -0.05) is 6.92 Å². The molecule has 18 heteroatoms. The lowest BCUT2D eigenvalue weighted by atomic mass is 9.86. The monoisotopic (exact) mass is 683 g/mol. The first-order valence-electron chi connectivity index (χ1n) is 15.9. The van der Waals surface area contributed by atoms with Crippen molar-refractivity contribution in [2.75, 3.05) is 59.8 Å². The number of rotatable bonds is 17. The van der Waals surface area contributed by atoms with Crippen LogP contribution in [0.3, 0.4) is 0 Å². The maximum absolute atomic E-state index is 12.0. The maximum atomic E-state index is 12.0. The molecule has 0 radical (unpaired) electrons. The molecule has 3 heterocycles. The summed E-state index contributed by atoms with van der Waals surface area (Å²) in [5, 5.41) is 70.3. The number of hydrogen-bond donors (Lipinski definition) is 9. The average molecular weight is 684 g/mol. The molecule has 3 fully saturated rings. The summed E-state index contributed by atoms with van der Waals surface area (Å²) in [6, 6.07) is -2.07. The lowest BCUT2D eigenvalue weighted by Gasteiger charge is -2.50. The van der Waals surface area contributed by atoms with Gasteiger partial charge in [0, 0.05) is 32.4 Å². The summed E-state index contributed by atoms with van der Waals surface area (Å²) in [5.74, 6) is -4.69. The number of amides is 1. The standard InChI is InChI=1S/C29H53N3O15/c1-15-19(11-33)44-28(22(23(15)37)32-16(2)35)46-25-20(12-34)45-27(47-29(40)14-42-13-18(30)26(29)39)17(24(25)38)5-4-7-31-8-6-21(36)43-10-9-41-3/h15,17-20,22-28,31,33-34,37-40H,4-14,30H2,1-3H3,(H,32,35)/t15-,17?,18?,19?,20?,22?,23-,24+,25+,26+,27-,28-,29+/m0/s1. The Morgan fingerprint density at radius 1 is 1.02 bits per heavy atom. The summed E-state index contributed by atoms with van der Waals surface area (Å²) >= 11 is 0. The van der Waals surface area contributed by atoms with Crippen LogP contribution in [0.1, 0.15) is 33.1 Å². The number of aliphatic hydroxyl groups excluding tert-OH is 5. The van der Waals surface area contributed by atoms with Crippen LogP contribution in [-0.4, -0.2) is 169 Å². The summed E-state index contributed by atoms with van der Waals surface area (Å²) in [5.41, 5.74) is 5.88. The highest BCUT2D eigenvalue weighted by Gasteiger charge is 2.54. The fourth-order valence-electron chi connectivity index (χ4n) is 5.92. The van der Waals surface area contributed by atoms with Crippen molar-refractivity contribution in [1.82, 2.24) is 10.6 Å². The van der Waals surface area contributed by atoms with E-state index in [4.69, 9.17) is 38.9 Å². The number of nitrogens with two attached hydrogens (primary N) is 1. The number of carbonyl (C=O) groups is 2. The largest absolute Gasteiger partial charge is 0.463 e. The maximum Gasteiger partial charge on any atom is 0.307 e. The molecule has 13 atom stereocenters. The average Bonchev–Trinajstić information content (AvgIpc) is 3.03. The van der Waals surface area contributed by atoms with Crippen molar-refractivity contribution in [3.8, 4) is 0 Å². The molecule has 0 spiro atoms. The number of carbonyl (C=O) groups excluding carboxylic acids is 2. The molecular formula is C29H53N3O15. The molecule has 47 heavy (non-hydrogen) atoms. The summed E-state index contributed by atoms with van der Waals surface area (Å²) in [7, 11) is 1.50. The molecule has 5 unspecified atom stereocenters. The first kappa shape index (κ1) is 39.8. The van der Waals surface area contributed by atoms with Gasteiger partial charge in [-0.25, -0.2) is 0 Å². The third-order valence-corrected chi connectivity index (χ3v) is 8.67. The van der Waals surface area contributed by atoms with Gasteiger partial charge in [-0.3, -0.25) is 9.59 Å². The molecule has 1 amide bonds. The summed E-state index contributed by atoms with van der Waals surface area (Å²) in [6.07, 6.45) is -9.63. The van der Waals surface area contributed by atoms with Crippen LogP contribution in [0.4, 0.5) is 0 Å². The van der Waals surface area contributed by atoms with Gasteiger partial charge in [0.15, 0.2) is 12.6 Å². The third-order valence-electron chi connectivity index (χ3n) is 8.67. The van der Waals surface area contributed by atoms with E-state index in [9.17, 15) is 40.2 Å². The van der Waals surface area contributed by atoms with Crippen LogP contribution in [0.2, 0.25) is 0 Å². The van der Waals surface area contributed by atoms with Crippen molar-refractivity contribution in [3.05, 3.63) is 0 Å². The van der Waals surface area contributed by atoms with E-state index in [1.807, 2.05) is 0 Å². The second-order valence-electron chi connectivity index (χ2n) is 12.2. The molecule has 0 saturated carbocycles. The van der Waals surface area contributed by atoms with Crippen LogP contribution >= 0.6 is 0 Å². The molecule has 10 N–H and O–H groups in total. The van der Waals surface area contributed by atoms with Crippen LogP contribution < -0.4 is 16.4 Å². The van der Waals surface area contributed by atoms with Gasteiger partial charge in [0.2, 0.25) is 11.7 Å². The lowest BCUT2D eigenvalue weighted by molar-refractivity contribution is -0.398. The minimum absolute atomic E-state index is 0.0264. The number of hydrogen-bond acceptors (Lipinski definition) is 17. The van der Waals surface area contributed by atoms with E-state index in [0.29, 0.717) is 26.1 Å². The molecule has 0 aromatic carbocycles. The topological polar surface area (TPSA) is 270 Å². The van der Waals surface area contributed by atoms with Crippen molar-refractivity contribution < 1.29 is 73.4 Å². The molecule has 0 aromatic rings. The van der Waals surface area contributed by atoms with Gasteiger partial charge in [0.1, 0.15) is 37.6 Å². The van der Waals surface area contributed by atoms with E-state index >= 15 is 0 Å². The highest BCUT2D eigenvalue weighted by Crippen LogP contribution is 2.37. The quantitative estimate of drug-likeness (QED) is 0.0398. The fraction of sp³-hybridized carbons (Fsp3) is 0.931. The molecule has 0 aromatic heterocycles. The Morgan fingerprint density at radius 3 is 2.38 bits per heavy atom. The normalized spacial score (nSPS) is 39.4. The number of nitrogens with one attached hydrogen (secondary N) is 2. The molecule has 18 nitrogen and oxygen atoms in total. The molecule has 3 aliphatic rings. The smallest absolute Gasteiger partial charge is 0.307 e. The Kier molecular flexibility index (Phi) is 16.1. The summed E-state index contributed by atoms with van der Waals surface area (Å²) in [4.78, 5) is 23.8. The number of methoxy groups -OCH3 is 1. The second-order valence-corrected chi connectivity index (χ2v) is 12.2. The molecule has 0 aliphatic carbocycles. The van der Waals surface area contributed by atoms with Crippen LogP contribution in [0.5, 0.6) is 0 Å². The van der Waals surface area contributed by atoms with Gasteiger partial charge in [-0.15, -0.1) is 0 Å². The van der Waals surface area contributed by atoms with Gasteiger partial charge in [-0.2, -0.15) is 0 Å². The number of aliphatic hydroxyl groups is 6. The van der Waals surface area contributed by atoms with E-state index in [1.165, 1.54) is 14.0 Å². The number of esters is 1. The van der Waals surface area contributed by atoms with E-state index in [0.717, 1.165) is 0 Å². The zero-order chi connectivity index (χ0) is 34.7. The van der Waals surface area contributed by atoms with E-state index in [-0.39, 0.29) is 32.0 Å². The Bertz CT molecular complexity index is 968. The summed E-state index contributed by atoms with van der Waals surface area (Å²) < 4.78 is 39.1. The van der Waals surface area contributed by atoms with Crippen LogP contribution in [0.25, 0.3) is 0 Å². The highest BCUT2D eigenvalue weighted by molar-refractivity contribution is 5.73. The second kappa shape index (κ2) is 19.0. The minimum Gasteiger partial charge on any atom is -0.463 e. The Balaban J connectivity index is 1.76. The van der Waals surface area contributed by atoms with Gasteiger partial charge < -0.3 is 80.2 Å². The predicted molar refractivity (Wildman–Crippen MR) is 159 cm³/mol. The Labute approximate surface area is 273 Å². The van der Waals surface area contributed by atoms with Crippen molar-refractivity contribution in [2.45, 2.75) is 100 Å². The molecule has 3 rings (SSSR count). The van der Waals surface area contributed by atoms with Gasteiger partial charge in [0.05, 0.1) is 57.2 Å². The Morgan fingerprint density at radius 2 is 1.72 bits per heavy atom. The van der Waals surface area contributed by atoms with Crippen molar-refractivity contribution in [2.24, 2.45) is 17.6 Å². The van der Waals surface area contributed by atoms with E-state index < -0.39 is 105 Å². The van der Waals surface area contributed by atoms with Crippen molar-refractivity contribution in [3.63, 3.8) is 0 Å². The zero-order valence-corrected chi connectivity index (χ0v) is 27.1. The van der Waals surface area contributed by atoms with E-state index in [2.05, 4.69) is 10.6 Å². The summed E-state index contributed by atoms with van der Waals surface area (Å²) in [6.45, 7) is 2.45. The molecular weight excluding hydrogens is 630 g/mol. The SMILES string of the molecule is COCCOC(=O)CCNCCCC1[C@H](O[C@]2(O)COCC(N)[C@H]2O)OC(CO)[C@@H](O[C@@H]2OC(CO)[C@H](C)[C@H](O)C2NC(C)=O)[C@@H]1O. The Hall–Kier alpha value is -1.62. The van der Waals surface area contributed by atoms with Gasteiger partial charge in [0.25, 0.3) is 0 Å². The van der Waals surface area contributed by atoms with E-state index in [1.54, 1.807) is 6.92 Å². The van der Waals surface area contributed by atoms with Gasteiger partial charge >= 0.3 is 5.97 Å². The number of ether oxygens (including phenoxy) is 7.